The molecule has 0 bridgehead atoms. The van der Waals surface area contributed by atoms with E-state index in [-0.39, 0.29) is 12.3 Å². The van der Waals surface area contributed by atoms with Gasteiger partial charge in [0, 0.05) is 5.56 Å². The average molecular weight is 270 g/mol. The van der Waals surface area contributed by atoms with Crippen molar-refractivity contribution in [3.05, 3.63) is 35.0 Å². The summed E-state index contributed by atoms with van der Waals surface area (Å²) in [4.78, 5) is 11.8. The maximum absolute atomic E-state index is 11.8. The number of nitrogens with one attached hydrogen (secondary N) is 1. The number of aromatic amines is 1. The molecule has 0 amide bonds. The van der Waals surface area contributed by atoms with Gasteiger partial charge in [-0.3, -0.25) is 0 Å². The molecule has 6 nitrogen and oxygen atoms in total. The van der Waals surface area contributed by atoms with E-state index in [9.17, 15) is 4.79 Å². The van der Waals surface area contributed by atoms with Gasteiger partial charge in [-0.15, -0.1) is 5.10 Å². The molecule has 0 atom stereocenters. The van der Waals surface area contributed by atoms with Gasteiger partial charge in [0.25, 0.3) is 0 Å². The molecule has 0 aliphatic heterocycles. The van der Waals surface area contributed by atoms with Crippen molar-refractivity contribution in [3.8, 4) is 17.3 Å². The fourth-order valence-corrected chi connectivity index (χ4v) is 1.95. The van der Waals surface area contributed by atoms with Crippen molar-refractivity contribution in [1.82, 2.24) is 15.4 Å². The lowest BCUT2D eigenvalue weighted by atomic mass is 9.99. The molecule has 0 radical (unpaired) electrons. The molecule has 0 unspecified atom stereocenters. The Morgan fingerprint density at radius 1 is 1.40 bits per heavy atom. The van der Waals surface area contributed by atoms with E-state index in [1.807, 2.05) is 6.92 Å². The van der Waals surface area contributed by atoms with Crippen LogP contribution in [-0.4, -0.2) is 28.0 Å². The largest absolute Gasteiger partial charge is 0.461 e. The molecule has 1 aromatic heterocycles. The SMILES string of the molecule is CCOC(=O)c1n[nH]nc1-c1ccc(C#N)cc1CC. The van der Waals surface area contributed by atoms with Crippen LogP contribution in [-0.2, 0) is 11.2 Å². The number of nitriles is 1. The Hall–Kier alpha value is -2.68. The lowest BCUT2D eigenvalue weighted by molar-refractivity contribution is 0.0520. The first-order chi connectivity index (χ1) is 9.71. The molecule has 0 spiro atoms. The molecule has 0 saturated heterocycles. The van der Waals surface area contributed by atoms with Crippen LogP contribution in [0.1, 0.15) is 35.5 Å². The molecule has 20 heavy (non-hydrogen) atoms. The minimum absolute atomic E-state index is 0.159. The summed E-state index contributed by atoms with van der Waals surface area (Å²) in [5.41, 5.74) is 2.90. The summed E-state index contributed by atoms with van der Waals surface area (Å²) in [5, 5.41) is 19.3. The van der Waals surface area contributed by atoms with Crippen LogP contribution < -0.4 is 0 Å². The number of hydrogen-bond donors (Lipinski definition) is 1. The monoisotopic (exact) mass is 270 g/mol. The third kappa shape index (κ3) is 2.52. The molecular weight excluding hydrogens is 256 g/mol. The number of H-pyrrole nitrogens is 1. The third-order valence-corrected chi connectivity index (χ3v) is 2.89. The van der Waals surface area contributed by atoms with E-state index in [1.54, 1.807) is 25.1 Å². The zero-order chi connectivity index (χ0) is 14.5. The summed E-state index contributed by atoms with van der Waals surface area (Å²) in [6.45, 7) is 3.99. The Morgan fingerprint density at radius 2 is 2.20 bits per heavy atom. The number of aromatic nitrogens is 3. The normalized spacial score (nSPS) is 10.1. The van der Waals surface area contributed by atoms with E-state index in [2.05, 4.69) is 21.5 Å². The van der Waals surface area contributed by atoms with Gasteiger partial charge in [0.1, 0.15) is 5.69 Å². The summed E-state index contributed by atoms with van der Waals surface area (Å²) in [7, 11) is 0. The summed E-state index contributed by atoms with van der Waals surface area (Å²) < 4.78 is 4.95. The lowest BCUT2D eigenvalue weighted by Gasteiger charge is -2.07. The number of aryl methyl sites for hydroxylation is 1. The van der Waals surface area contributed by atoms with Gasteiger partial charge in [-0.25, -0.2) is 4.79 Å². The Balaban J connectivity index is 2.50. The van der Waals surface area contributed by atoms with E-state index < -0.39 is 5.97 Å². The maximum atomic E-state index is 11.8. The van der Waals surface area contributed by atoms with E-state index in [0.29, 0.717) is 11.3 Å². The van der Waals surface area contributed by atoms with Crippen LogP contribution in [0, 0.1) is 11.3 Å². The van der Waals surface area contributed by atoms with E-state index in [1.165, 1.54) is 0 Å². The van der Waals surface area contributed by atoms with Crippen molar-refractivity contribution < 1.29 is 9.53 Å². The topological polar surface area (TPSA) is 91.7 Å². The van der Waals surface area contributed by atoms with Crippen molar-refractivity contribution in [2.24, 2.45) is 0 Å². The number of carbonyl (C=O) groups is 1. The summed E-state index contributed by atoms with van der Waals surface area (Å²) in [6, 6.07) is 7.36. The molecule has 1 N–H and O–H groups in total. The number of carbonyl (C=O) groups excluding carboxylic acids is 1. The van der Waals surface area contributed by atoms with Crippen LogP contribution >= 0.6 is 0 Å². The minimum atomic E-state index is -0.511. The molecule has 1 aromatic carbocycles. The lowest BCUT2D eigenvalue weighted by Crippen LogP contribution is -2.07. The molecular formula is C14H14N4O2. The Kier molecular flexibility index (Phi) is 4.11. The maximum Gasteiger partial charge on any atom is 0.361 e. The molecule has 0 aliphatic rings. The number of rotatable bonds is 4. The van der Waals surface area contributed by atoms with Gasteiger partial charge in [0.15, 0.2) is 5.69 Å². The summed E-state index contributed by atoms with van der Waals surface area (Å²) in [6.07, 6.45) is 0.722. The number of ether oxygens (including phenoxy) is 1. The van der Waals surface area contributed by atoms with Crippen LogP contribution in [0.25, 0.3) is 11.3 Å². The second kappa shape index (κ2) is 5.97. The molecule has 2 rings (SSSR count). The fourth-order valence-electron chi connectivity index (χ4n) is 1.95. The minimum Gasteiger partial charge on any atom is -0.461 e. The zero-order valence-electron chi connectivity index (χ0n) is 11.3. The Bertz CT molecular complexity index is 670. The quantitative estimate of drug-likeness (QED) is 0.859. The van der Waals surface area contributed by atoms with Gasteiger partial charge < -0.3 is 4.74 Å². The van der Waals surface area contributed by atoms with Gasteiger partial charge in [-0.05, 0) is 31.0 Å². The van der Waals surface area contributed by atoms with Crippen molar-refractivity contribution in [3.63, 3.8) is 0 Å². The van der Waals surface area contributed by atoms with E-state index in [4.69, 9.17) is 10.00 Å². The van der Waals surface area contributed by atoms with Gasteiger partial charge >= 0.3 is 5.97 Å². The van der Waals surface area contributed by atoms with Crippen LogP contribution in [0.15, 0.2) is 18.2 Å². The molecule has 2 aromatic rings. The first-order valence-electron chi connectivity index (χ1n) is 6.32. The molecule has 6 heteroatoms. The number of esters is 1. The summed E-state index contributed by atoms with van der Waals surface area (Å²) in [5.74, 6) is -0.511. The van der Waals surface area contributed by atoms with Crippen LogP contribution in [0.4, 0.5) is 0 Å². The first-order valence-corrected chi connectivity index (χ1v) is 6.32. The predicted octanol–water partition coefficient (Wildman–Crippen LogP) is 2.08. The van der Waals surface area contributed by atoms with E-state index in [0.717, 1.165) is 17.5 Å². The van der Waals surface area contributed by atoms with Gasteiger partial charge in [0.05, 0.1) is 18.2 Å². The molecule has 0 saturated carbocycles. The molecule has 0 fully saturated rings. The van der Waals surface area contributed by atoms with Gasteiger partial charge in [-0.2, -0.15) is 15.6 Å². The van der Waals surface area contributed by atoms with Crippen molar-refractivity contribution in [2.45, 2.75) is 20.3 Å². The fraction of sp³-hybridized carbons (Fsp3) is 0.286. The van der Waals surface area contributed by atoms with Gasteiger partial charge in [0.2, 0.25) is 0 Å². The highest BCUT2D eigenvalue weighted by molar-refractivity contribution is 5.94. The third-order valence-electron chi connectivity index (χ3n) is 2.89. The predicted molar refractivity (Wildman–Crippen MR) is 71.9 cm³/mol. The van der Waals surface area contributed by atoms with Crippen LogP contribution in [0.2, 0.25) is 0 Å². The molecule has 102 valence electrons. The first kappa shape index (κ1) is 13.7. The second-order valence-electron chi connectivity index (χ2n) is 4.08. The highest BCUT2D eigenvalue weighted by Gasteiger charge is 2.20. The second-order valence-corrected chi connectivity index (χ2v) is 4.08. The standard InChI is InChI=1S/C14H14N4O2/c1-3-10-7-9(8-15)5-6-11(10)12-13(17-18-16-12)14(19)20-4-2/h5-7H,3-4H2,1-2H3,(H,16,17,18). The Morgan fingerprint density at radius 3 is 2.85 bits per heavy atom. The van der Waals surface area contributed by atoms with Crippen molar-refractivity contribution >= 4 is 5.97 Å². The summed E-state index contributed by atoms with van der Waals surface area (Å²) >= 11 is 0. The highest BCUT2D eigenvalue weighted by Crippen LogP contribution is 2.26. The smallest absolute Gasteiger partial charge is 0.361 e. The Labute approximate surface area is 116 Å². The molecule has 1 heterocycles. The number of hydrogen-bond acceptors (Lipinski definition) is 5. The van der Waals surface area contributed by atoms with E-state index >= 15 is 0 Å². The zero-order valence-corrected chi connectivity index (χ0v) is 11.3. The number of nitrogens with zero attached hydrogens (tertiary/aromatic N) is 3. The average Bonchev–Trinajstić information content (AvgIpc) is 2.96. The molecule has 0 aliphatic carbocycles. The van der Waals surface area contributed by atoms with Crippen LogP contribution in [0.3, 0.4) is 0 Å². The van der Waals surface area contributed by atoms with Crippen LogP contribution in [0.5, 0.6) is 0 Å². The number of benzene rings is 1. The van der Waals surface area contributed by atoms with Crippen molar-refractivity contribution in [2.75, 3.05) is 6.61 Å². The van der Waals surface area contributed by atoms with Gasteiger partial charge in [-0.1, -0.05) is 13.0 Å². The van der Waals surface area contributed by atoms with Crippen molar-refractivity contribution in [1.29, 1.82) is 5.26 Å². The highest BCUT2D eigenvalue weighted by atomic mass is 16.5.